The summed E-state index contributed by atoms with van der Waals surface area (Å²) in [6.45, 7) is 10.6. The zero-order valence-corrected chi connectivity index (χ0v) is 18.1. The lowest BCUT2D eigenvalue weighted by atomic mass is 9.87. The molecule has 0 aliphatic rings. The Bertz CT molecular complexity index is 1290. The summed E-state index contributed by atoms with van der Waals surface area (Å²) in [6.07, 6.45) is 3.55. The molecule has 4 aromatic rings. The fourth-order valence-electron chi connectivity index (χ4n) is 3.04. The topological polar surface area (TPSA) is 56.5 Å². The molecule has 30 heavy (non-hydrogen) atoms. The Morgan fingerprint density at radius 3 is 2.40 bits per heavy atom. The quantitative estimate of drug-likeness (QED) is 0.456. The molecule has 0 N–H and O–H groups in total. The maximum atomic E-state index is 12.8. The van der Waals surface area contributed by atoms with E-state index in [1.807, 2.05) is 42.5 Å². The number of rotatable bonds is 5. The molecule has 0 amide bonds. The SMILES string of the molecule is C=CCOc1ccc(C=c2sc3nc(-c4ccc(C(C)(C)C)cc4)nn3c2=O)cc1. The van der Waals surface area contributed by atoms with E-state index in [4.69, 9.17) is 4.74 Å². The van der Waals surface area contributed by atoms with E-state index in [-0.39, 0.29) is 11.0 Å². The number of nitrogens with zero attached hydrogens (tertiary/aromatic N) is 3. The first-order valence-electron chi connectivity index (χ1n) is 9.71. The molecule has 2 aromatic carbocycles. The van der Waals surface area contributed by atoms with Gasteiger partial charge in [0.15, 0.2) is 5.82 Å². The first-order valence-corrected chi connectivity index (χ1v) is 10.5. The van der Waals surface area contributed by atoms with E-state index in [1.54, 1.807) is 6.08 Å². The van der Waals surface area contributed by atoms with E-state index in [0.29, 0.717) is 21.9 Å². The van der Waals surface area contributed by atoms with Gasteiger partial charge in [0.2, 0.25) is 4.96 Å². The van der Waals surface area contributed by atoms with Crippen molar-refractivity contribution in [1.29, 1.82) is 0 Å². The molecule has 0 spiro atoms. The highest BCUT2D eigenvalue weighted by atomic mass is 32.1. The summed E-state index contributed by atoms with van der Waals surface area (Å²) in [6, 6.07) is 15.8. The molecule has 0 saturated heterocycles. The lowest BCUT2D eigenvalue weighted by molar-refractivity contribution is 0.363. The second-order valence-corrected chi connectivity index (χ2v) is 9.05. The van der Waals surface area contributed by atoms with Crippen LogP contribution in [-0.2, 0) is 5.41 Å². The van der Waals surface area contributed by atoms with Gasteiger partial charge in [-0.05, 0) is 34.8 Å². The highest BCUT2D eigenvalue weighted by molar-refractivity contribution is 7.15. The van der Waals surface area contributed by atoms with Crippen molar-refractivity contribution >= 4 is 22.4 Å². The molecule has 0 saturated carbocycles. The predicted octanol–water partition coefficient (Wildman–Crippen LogP) is 4.23. The van der Waals surface area contributed by atoms with E-state index >= 15 is 0 Å². The number of benzene rings is 2. The van der Waals surface area contributed by atoms with Gasteiger partial charge in [-0.3, -0.25) is 4.79 Å². The van der Waals surface area contributed by atoms with Crippen LogP contribution in [0.4, 0.5) is 0 Å². The smallest absolute Gasteiger partial charge is 0.291 e. The average molecular weight is 418 g/mol. The zero-order valence-electron chi connectivity index (χ0n) is 17.3. The molecule has 0 aliphatic carbocycles. The molecule has 0 atom stereocenters. The Kier molecular flexibility index (Phi) is 5.26. The van der Waals surface area contributed by atoms with Crippen molar-refractivity contribution in [3.63, 3.8) is 0 Å². The standard InChI is InChI=1S/C24H23N3O2S/c1-5-14-29-19-12-6-16(7-13-19)15-20-22(28)27-23(30-20)25-21(26-27)17-8-10-18(11-9-17)24(2,3)4/h5-13,15H,1,14H2,2-4H3. The number of thiazole rings is 1. The third kappa shape index (κ3) is 4.04. The van der Waals surface area contributed by atoms with Gasteiger partial charge >= 0.3 is 0 Å². The third-order valence-electron chi connectivity index (χ3n) is 4.74. The van der Waals surface area contributed by atoms with Crippen LogP contribution in [0.2, 0.25) is 0 Å². The predicted molar refractivity (Wildman–Crippen MR) is 122 cm³/mol. The molecule has 0 radical (unpaired) electrons. The van der Waals surface area contributed by atoms with Crippen LogP contribution in [0.3, 0.4) is 0 Å². The van der Waals surface area contributed by atoms with Gasteiger partial charge in [0.1, 0.15) is 12.4 Å². The van der Waals surface area contributed by atoms with Crippen molar-refractivity contribution in [2.45, 2.75) is 26.2 Å². The highest BCUT2D eigenvalue weighted by Gasteiger charge is 2.15. The molecule has 5 nitrogen and oxygen atoms in total. The summed E-state index contributed by atoms with van der Waals surface area (Å²) >= 11 is 1.34. The van der Waals surface area contributed by atoms with Crippen LogP contribution in [0, 0.1) is 0 Å². The van der Waals surface area contributed by atoms with Crippen LogP contribution < -0.4 is 14.8 Å². The first-order chi connectivity index (χ1) is 14.3. The monoisotopic (exact) mass is 417 g/mol. The maximum absolute atomic E-state index is 12.8. The van der Waals surface area contributed by atoms with Gasteiger partial charge < -0.3 is 4.74 Å². The second kappa shape index (κ2) is 7.88. The average Bonchev–Trinajstić information content (AvgIpc) is 3.27. The number of hydrogen-bond donors (Lipinski definition) is 0. The van der Waals surface area contributed by atoms with Gasteiger partial charge in [0.25, 0.3) is 5.56 Å². The third-order valence-corrected chi connectivity index (χ3v) is 5.70. The molecule has 6 heteroatoms. The second-order valence-electron chi connectivity index (χ2n) is 8.04. The molecular weight excluding hydrogens is 394 g/mol. The fourth-order valence-corrected chi connectivity index (χ4v) is 3.95. The molecule has 2 heterocycles. The van der Waals surface area contributed by atoms with Gasteiger partial charge in [0.05, 0.1) is 4.53 Å². The Morgan fingerprint density at radius 1 is 1.10 bits per heavy atom. The Hall–Kier alpha value is -3.25. The summed E-state index contributed by atoms with van der Waals surface area (Å²) in [5, 5.41) is 4.44. The fraction of sp³-hybridized carbons (Fsp3) is 0.208. The number of fused-ring (bicyclic) bond motifs is 1. The van der Waals surface area contributed by atoms with E-state index in [2.05, 4.69) is 49.6 Å². The van der Waals surface area contributed by atoms with Crippen LogP contribution >= 0.6 is 11.3 Å². The summed E-state index contributed by atoms with van der Waals surface area (Å²) < 4.78 is 7.46. The van der Waals surface area contributed by atoms with Crippen LogP contribution in [0.25, 0.3) is 22.4 Å². The minimum Gasteiger partial charge on any atom is -0.490 e. The molecule has 0 unspecified atom stereocenters. The Balaban J connectivity index is 1.63. The molecule has 2 aromatic heterocycles. The molecular formula is C24H23N3O2S. The van der Waals surface area contributed by atoms with Gasteiger partial charge in [-0.15, -0.1) is 5.10 Å². The number of aromatic nitrogens is 3. The highest BCUT2D eigenvalue weighted by Crippen LogP contribution is 2.25. The Labute approximate surface area is 179 Å². The maximum Gasteiger partial charge on any atom is 0.291 e. The lowest BCUT2D eigenvalue weighted by Gasteiger charge is -2.18. The van der Waals surface area contributed by atoms with Crippen molar-refractivity contribution in [3.8, 4) is 17.1 Å². The van der Waals surface area contributed by atoms with Crippen molar-refractivity contribution in [2.75, 3.05) is 6.61 Å². The minimum absolute atomic E-state index is 0.0867. The van der Waals surface area contributed by atoms with Gasteiger partial charge in [-0.1, -0.05) is 81.2 Å². The van der Waals surface area contributed by atoms with Crippen LogP contribution in [0.5, 0.6) is 5.75 Å². The van der Waals surface area contributed by atoms with E-state index in [0.717, 1.165) is 16.9 Å². The van der Waals surface area contributed by atoms with E-state index < -0.39 is 0 Å². The van der Waals surface area contributed by atoms with E-state index in [9.17, 15) is 4.79 Å². The lowest BCUT2D eigenvalue weighted by Crippen LogP contribution is -2.23. The largest absolute Gasteiger partial charge is 0.490 e. The van der Waals surface area contributed by atoms with Gasteiger partial charge in [-0.25, -0.2) is 0 Å². The van der Waals surface area contributed by atoms with Crippen molar-refractivity contribution in [3.05, 3.63) is 87.2 Å². The van der Waals surface area contributed by atoms with Crippen LogP contribution in [-0.4, -0.2) is 21.2 Å². The minimum atomic E-state index is -0.160. The summed E-state index contributed by atoms with van der Waals surface area (Å²) in [5.41, 5.74) is 2.99. The zero-order chi connectivity index (χ0) is 21.3. The van der Waals surface area contributed by atoms with Crippen molar-refractivity contribution in [2.24, 2.45) is 0 Å². The molecule has 0 fully saturated rings. The Morgan fingerprint density at radius 2 is 1.80 bits per heavy atom. The first kappa shape index (κ1) is 20.0. The van der Waals surface area contributed by atoms with Gasteiger partial charge in [0, 0.05) is 5.56 Å². The number of hydrogen-bond acceptors (Lipinski definition) is 5. The summed E-state index contributed by atoms with van der Waals surface area (Å²) in [7, 11) is 0. The number of ether oxygens (including phenoxy) is 1. The normalized spacial score (nSPS) is 12.4. The molecule has 152 valence electrons. The summed E-state index contributed by atoms with van der Waals surface area (Å²) in [4.78, 5) is 17.9. The summed E-state index contributed by atoms with van der Waals surface area (Å²) in [5.74, 6) is 1.33. The molecule has 4 rings (SSSR count). The molecule has 0 bridgehead atoms. The van der Waals surface area contributed by atoms with Crippen LogP contribution in [0.15, 0.2) is 66.0 Å². The van der Waals surface area contributed by atoms with Crippen LogP contribution in [0.1, 0.15) is 31.9 Å². The van der Waals surface area contributed by atoms with Gasteiger partial charge in [-0.2, -0.15) is 9.50 Å². The van der Waals surface area contributed by atoms with Crippen molar-refractivity contribution < 1.29 is 4.74 Å². The van der Waals surface area contributed by atoms with Crippen molar-refractivity contribution in [1.82, 2.24) is 14.6 Å². The van der Waals surface area contributed by atoms with E-state index in [1.165, 1.54) is 21.4 Å². The molecule has 0 aliphatic heterocycles.